The number of carbonyl (C=O) groups is 1. The maximum atomic E-state index is 12.5. The van der Waals surface area contributed by atoms with Crippen molar-refractivity contribution in [3.63, 3.8) is 0 Å². The Hall–Kier alpha value is -2.70. The molecule has 1 aromatic carbocycles. The van der Waals surface area contributed by atoms with Crippen molar-refractivity contribution < 1.29 is 4.79 Å². The number of likely N-dealkylation sites (tertiary alicyclic amines) is 1. The molecule has 0 atom stereocenters. The lowest BCUT2D eigenvalue weighted by Crippen LogP contribution is -2.45. The van der Waals surface area contributed by atoms with Crippen LogP contribution in [-0.2, 0) is 13.1 Å². The molecule has 2 aliphatic rings. The SMILES string of the molecule is O=C(c1ccc(CN2CCN(Cc3cn4ccccc4n3)CC2)cc1)N1CCCC1. The van der Waals surface area contributed by atoms with Crippen LogP contribution >= 0.6 is 0 Å². The highest BCUT2D eigenvalue weighted by Crippen LogP contribution is 2.16. The van der Waals surface area contributed by atoms with Gasteiger partial charge in [-0.25, -0.2) is 4.98 Å². The van der Waals surface area contributed by atoms with E-state index in [4.69, 9.17) is 4.98 Å². The first-order chi connectivity index (χ1) is 14.7. The Labute approximate surface area is 177 Å². The third-order valence-corrected chi connectivity index (χ3v) is 6.26. The van der Waals surface area contributed by atoms with Crippen LogP contribution in [-0.4, -0.2) is 69.3 Å². The lowest BCUT2D eigenvalue weighted by molar-refractivity contribution is 0.0792. The fourth-order valence-electron chi connectivity index (χ4n) is 4.51. The Kier molecular flexibility index (Phi) is 5.51. The minimum atomic E-state index is 0.180. The molecule has 5 rings (SSSR count). The van der Waals surface area contributed by atoms with Crippen molar-refractivity contribution in [2.75, 3.05) is 39.3 Å². The predicted octanol–water partition coefficient (Wildman–Crippen LogP) is 2.89. The molecule has 2 aromatic heterocycles. The molecule has 2 saturated heterocycles. The summed E-state index contributed by atoms with van der Waals surface area (Å²) in [5.74, 6) is 0.180. The predicted molar refractivity (Wildman–Crippen MR) is 117 cm³/mol. The number of hydrogen-bond donors (Lipinski definition) is 0. The molecule has 0 saturated carbocycles. The second kappa shape index (κ2) is 8.58. The summed E-state index contributed by atoms with van der Waals surface area (Å²) >= 11 is 0. The van der Waals surface area contributed by atoms with Gasteiger partial charge >= 0.3 is 0 Å². The number of piperazine rings is 1. The summed E-state index contributed by atoms with van der Waals surface area (Å²) in [6, 6.07) is 14.3. The fraction of sp³-hybridized carbons (Fsp3) is 0.417. The van der Waals surface area contributed by atoms with Crippen LogP contribution in [0, 0.1) is 0 Å². The number of nitrogens with zero attached hydrogens (tertiary/aromatic N) is 5. The minimum absolute atomic E-state index is 0.180. The number of pyridine rings is 1. The van der Waals surface area contributed by atoms with Crippen LogP contribution in [0.15, 0.2) is 54.9 Å². The Morgan fingerprint density at radius 2 is 1.53 bits per heavy atom. The zero-order valence-electron chi connectivity index (χ0n) is 17.4. The first kappa shape index (κ1) is 19.3. The van der Waals surface area contributed by atoms with Gasteiger partial charge in [0.1, 0.15) is 5.65 Å². The molecule has 0 spiro atoms. The maximum absolute atomic E-state index is 12.5. The highest BCUT2D eigenvalue weighted by Gasteiger charge is 2.20. The average Bonchev–Trinajstić information content (AvgIpc) is 3.45. The number of fused-ring (bicyclic) bond motifs is 1. The molecule has 2 fully saturated rings. The zero-order valence-corrected chi connectivity index (χ0v) is 17.4. The topological polar surface area (TPSA) is 44.1 Å². The standard InChI is InChI=1S/C24H29N5O/c30-24(28-10-3-4-11-28)21-8-6-20(7-9-21)17-26-13-15-27(16-14-26)18-22-19-29-12-2-1-5-23(29)25-22/h1-2,5-9,12,19H,3-4,10-11,13-18H2. The lowest BCUT2D eigenvalue weighted by atomic mass is 10.1. The molecule has 156 valence electrons. The number of imidazole rings is 1. The van der Waals surface area contributed by atoms with Gasteiger partial charge in [0.25, 0.3) is 5.91 Å². The zero-order chi connectivity index (χ0) is 20.3. The summed E-state index contributed by atoms with van der Waals surface area (Å²) < 4.78 is 2.09. The van der Waals surface area contributed by atoms with Gasteiger partial charge in [-0.15, -0.1) is 0 Å². The van der Waals surface area contributed by atoms with E-state index in [9.17, 15) is 4.79 Å². The van der Waals surface area contributed by atoms with Gasteiger partial charge in [-0.2, -0.15) is 0 Å². The van der Waals surface area contributed by atoms with E-state index in [0.29, 0.717) is 0 Å². The first-order valence-corrected chi connectivity index (χ1v) is 11.0. The number of benzene rings is 1. The minimum Gasteiger partial charge on any atom is -0.339 e. The summed E-state index contributed by atoms with van der Waals surface area (Å²) in [5, 5.41) is 0. The van der Waals surface area contributed by atoms with Crippen LogP contribution in [0.2, 0.25) is 0 Å². The monoisotopic (exact) mass is 403 g/mol. The van der Waals surface area contributed by atoms with Gasteiger partial charge in [-0.3, -0.25) is 14.6 Å². The van der Waals surface area contributed by atoms with Crippen molar-refractivity contribution in [3.05, 3.63) is 71.7 Å². The number of hydrogen-bond acceptors (Lipinski definition) is 4. The summed E-state index contributed by atoms with van der Waals surface area (Å²) in [7, 11) is 0. The van der Waals surface area contributed by atoms with Crippen LogP contribution in [0.1, 0.15) is 34.5 Å². The number of carbonyl (C=O) groups excluding carboxylic acids is 1. The van der Waals surface area contributed by atoms with Gasteiger partial charge in [0.2, 0.25) is 0 Å². The number of amides is 1. The fourth-order valence-corrected chi connectivity index (χ4v) is 4.51. The largest absolute Gasteiger partial charge is 0.339 e. The average molecular weight is 404 g/mol. The lowest BCUT2D eigenvalue weighted by Gasteiger charge is -2.34. The van der Waals surface area contributed by atoms with E-state index in [1.165, 1.54) is 5.56 Å². The molecule has 0 unspecified atom stereocenters. The maximum Gasteiger partial charge on any atom is 0.253 e. The van der Waals surface area contributed by atoms with Crippen molar-refractivity contribution >= 4 is 11.6 Å². The van der Waals surface area contributed by atoms with E-state index in [0.717, 1.165) is 82.1 Å². The van der Waals surface area contributed by atoms with E-state index in [1.807, 2.05) is 41.4 Å². The second-order valence-electron chi connectivity index (χ2n) is 8.45. The summed E-state index contributed by atoms with van der Waals surface area (Å²) in [4.78, 5) is 24.2. The first-order valence-electron chi connectivity index (χ1n) is 11.0. The van der Waals surface area contributed by atoms with Crippen molar-refractivity contribution in [1.29, 1.82) is 0 Å². The van der Waals surface area contributed by atoms with Crippen LogP contribution in [0.5, 0.6) is 0 Å². The Balaban J connectivity index is 1.12. The Morgan fingerprint density at radius 1 is 0.833 bits per heavy atom. The molecule has 3 aromatic rings. The smallest absolute Gasteiger partial charge is 0.253 e. The second-order valence-corrected chi connectivity index (χ2v) is 8.45. The highest BCUT2D eigenvalue weighted by atomic mass is 16.2. The van der Waals surface area contributed by atoms with Gasteiger partial charge in [-0.1, -0.05) is 18.2 Å². The molecule has 4 heterocycles. The van der Waals surface area contributed by atoms with Gasteiger partial charge in [0, 0.05) is 70.3 Å². The third-order valence-electron chi connectivity index (χ3n) is 6.26. The van der Waals surface area contributed by atoms with Crippen LogP contribution < -0.4 is 0 Å². The van der Waals surface area contributed by atoms with Crippen LogP contribution in [0.4, 0.5) is 0 Å². The molecule has 0 radical (unpaired) electrons. The number of aromatic nitrogens is 2. The Bertz CT molecular complexity index is 965. The molecule has 0 N–H and O–H groups in total. The van der Waals surface area contributed by atoms with Gasteiger partial charge in [0.15, 0.2) is 0 Å². The molecular weight excluding hydrogens is 374 g/mol. The molecule has 6 heteroatoms. The normalized spacial score (nSPS) is 18.3. The summed E-state index contributed by atoms with van der Waals surface area (Å²) in [5.41, 5.74) is 4.24. The van der Waals surface area contributed by atoms with E-state index < -0.39 is 0 Å². The Morgan fingerprint density at radius 3 is 2.23 bits per heavy atom. The van der Waals surface area contributed by atoms with Gasteiger partial charge in [-0.05, 0) is 42.7 Å². The van der Waals surface area contributed by atoms with E-state index >= 15 is 0 Å². The molecule has 30 heavy (non-hydrogen) atoms. The molecule has 0 aliphatic carbocycles. The van der Waals surface area contributed by atoms with Crippen molar-refractivity contribution in [2.45, 2.75) is 25.9 Å². The summed E-state index contributed by atoms with van der Waals surface area (Å²) in [6.07, 6.45) is 6.44. The number of rotatable bonds is 5. The van der Waals surface area contributed by atoms with Gasteiger partial charge < -0.3 is 9.30 Å². The van der Waals surface area contributed by atoms with E-state index in [2.05, 4.69) is 32.5 Å². The van der Waals surface area contributed by atoms with Crippen molar-refractivity contribution in [2.24, 2.45) is 0 Å². The molecule has 1 amide bonds. The van der Waals surface area contributed by atoms with Gasteiger partial charge in [0.05, 0.1) is 5.69 Å². The summed E-state index contributed by atoms with van der Waals surface area (Å²) in [6.45, 7) is 7.88. The van der Waals surface area contributed by atoms with Crippen LogP contribution in [0.25, 0.3) is 5.65 Å². The van der Waals surface area contributed by atoms with E-state index in [-0.39, 0.29) is 5.91 Å². The third kappa shape index (κ3) is 4.25. The van der Waals surface area contributed by atoms with Crippen molar-refractivity contribution in [3.8, 4) is 0 Å². The molecule has 6 nitrogen and oxygen atoms in total. The van der Waals surface area contributed by atoms with E-state index in [1.54, 1.807) is 0 Å². The van der Waals surface area contributed by atoms with Crippen molar-refractivity contribution in [1.82, 2.24) is 24.1 Å². The quantitative estimate of drug-likeness (QED) is 0.657. The highest BCUT2D eigenvalue weighted by molar-refractivity contribution is 5.94. The molecule has 2 aliphatic heterocycles. The molecular formula is C24H29N5O. The molecule has 0 bridgehead atoms. The van der Waals surface area contributed by atoms with Crippen LogP contribution in [0.3, 0.4) is 0 Å².